The van der Waals surface area contributed by atoms with E-state index < -0.39 is 10.0 Å². The minimum absolute atomic E-state index is 0.0856. The Balaban J connectivity index is 2.36. The van der Waals surface area contributed by atoms with E-state index in [-0.39, 0.29) is 18.2 Å². The predicted octanol–water partition coefficient (Wildman–Crippen LogP) is 1.50. The molecule has 5 nitrogen and oxygen atoms in total. The SMILES string of the molecule is CC1CN(S(=O)(=O)c2cccc(C(C)N)c2)C(C)CO1. The number of nitrogens with zero attached hydrogens (tertiary/aromatic N) is 1. The number of rotatable bonds is 3. The van der Waals surface area contributed by atoms with E-state index >= 15 is 0 Å². The molecule has 1 heterocycles. The van der Waals surface area contributed by atoms with Gasteiger partial charge in [-0.05, 0) is 38.5 Å². The van der Waals surface area contributed by atoms with Crippen LogP contribution in [-0.2, 0) is 14.8 Å². The highest BCUT2D eigenvalue weighted by molar-refractivity contribution is 7.89. The molecule has 1 aliphatic rings. The van der Waals surface area contributed by atoms with Gasteiger partial charge in [0.25, 0.3) is 0 Å². The first-order valence-corrected chi connectivity index (χ1v) is 8.25. The van der Waals surface area contributed by atoms with Crippen molar-refractivity contribution in [3.63, 3.8) is 0 Å². The van der Waals surface area contributed by atoms with Crippen molar-refractivity contribution in [2.24, 2.45) is 5.73 Å². The van der Waals surface area contributed by atoms with Gasteiger partial charge >= 0.3 is 0 Å². The number of hydrogen-bond donors (Lipinski definition) is 1. The molecule has 2 rings (SSSR count). The first-order chi connectivity index (χ1) is 9.32. The van der Waals surface area contributed by atoms with Crippen molar-refractivity contribution < 1.29 is 13.2 Å². The van der Waals surface area contributed by atoms with E-state index in [0.717, 1.165) is 5.56 Å². The Hall–Kier alpha value is -0.950. The molecule has 0 saturated carbocycles. The Kier molecular flexibility index (Phi) is 4.49. The van der Waals surface area contributed by atoms with Crippen LogP contribution in [0.5, 0.6) is 0 Å². The Morgan fingerprint density at radius 3 is 2.75 bits per heavy atom. The second-order valence-electron chi connectivity index (χ2n) is 5.43. The molecule has 1 aliphatic heterocycles. The van der Waals surface area contributed by atoms with Crippen LogP contribution in [0.25, 0.3) is 0 Å². The van der Waals surface area contributed by atoms with Crippen molar-refractivity contribution in [3.05, 3.63) is 29.8 Å². The highest BCUT2D eigenvalue weighted by Gasteiger charge is 2.34. The van der Waals surface area contributed by atoms with E-state index in [2.05, 4.69) is 0 Å². The third-order valence-electron chi connectivity index (χ3n) is 3.54. The molecular formula is C14H22N2O3S. The lowest BCUT2D eigenvalue weighted by Crippen LogP contribution is -2.50. The van der Waals surface area contributed by atoms with E-state index in [1.165, 1.54) is 4.31 Å². The zero-order valence-electron chi connectivity index (χ0n) is 12.1. The standard InChI is InChI=1S/C14H22N2O3S/c1-10-9-19-11(2)8-16(10)20(17,18)14-6-4-5-13(7-14)12(3)15/h4-7,10-12H,8-9,15H2,1-3H3. The first-order valence-electron chi connectivity index (χ1n) is 6.81. The summed E-state index contributed by atoms with van der Waals surface area (Å²) in [6.45, 7) is 6.38. The Labute approximate surface area is 120 Å². The topological polar surface area (TPSA) is 72.6 Å². The van der Waals surface area contributed by atoms with Gasteiger partial charge in [0.15, 0.2) is 0 Å². The van der Waals surface area contributed by atoms with Crippen LogP contribution in [0.1, 0.15) is 32.4 Å². The maximum absolute atomic E-state index is 12.7. The maximum Gasteiger partial charge on any atom is 0.243 e. The monoisotopic (exact) mass is 298 g/mol. The highest BCUT2D eigenvalue weighted by Crippen LogP contribution is 2.24. The van der Waals surface area contributed by atoms with Gasteiger partial charge in [0, 0.05) is 18.6 Å². The van der Waals surface area contributed by atoms with Crippen molar-refractivity contribution in [1.82, 2.24) is 4.31 Å². The molecule has 1 fully saturated rings. The van der Waals surface area contributed by atoms with Gasteiger partial charge in [0.05, 0.1) is 17.6 Å². The maximum atomic E-state index is 12.7. The van der Waals surface area contributed by atoms with Crippen molar-refractivity contribution >= 4 is 10.0 Å². The second-order valence-corrected chi connectivity index (χ2v) is 7.32. The number of sulfonamides is 1. The lowest BCUT2D eigenvalue weighted by atomic mass is 10.1. The molecule has 0 radical (unpaired) electrons. The molecule has 1 saturated heterocycles. The number of ether oxygens (including phenoxy) is 1. The summed E-state index contributed by atoms with van der Waals surface area (Å²) in [5.74, 6) is 0. The molecule has 6 heteroatoms. The molecular weight excluding hydrogens is 276 g/mol. The van der Waals surface area contributed by atoms with Crippen LogP contribution in [0.4, 0.5) is 0 Å². The third kappa shape index (κ3) is 3.03. The molecule has 1 aromatic carbocycles. The molecule has 1 aromatic rings. The number of hydrogen-bond acceptors (Lipinski definition) is 4. The Morgan fingerprint density at radius 2 is 2.10 bits per heavy atom. The van der Waals surface area contributed by atoms with Crippen LogP contribution in [0.3, 0.4) is 0 Å². The van der Waals surface area contributed by atoms with Crippen LogP contribution in [0.15, 0.2) is 29.2 Å². The van der Waals surface area contributed by atoms with E-state index in [0.29, 0.717) is 18.0 Å². The van der Waals surface area contributed by atoms with Crippen LogP contribution in [0.2, 0.25) is 0 Å². The second kappa shape index (κ2) is 5.81. The quantitative estimate of drug-likeness (QED) is 0.918. The van der Waals surface area contributed by atoms with Crippen LogP contribution < -0.4 is 5.73 Å². The minimum Gasteiger partial charge on any atom is -0.375 e. The van der Waals surface area contributed by atoms with Crippen molar-refractivity contribution in [3.8, 4) is 0 Å². The summed E-state index contributed by atoms with van der Waals surface area (Å²) in [6.07, 6.45) is -0.0856. The van der Waals surface area contributed by atoms with Gasteiger partial charge in [-0.2, -0.15) is 4.31 Å². The smallest absolute Gasteiger partial charge is 0.243 e. The van der Waals surface area contributed by atoms with E-state index in [1.807, 2.05) is 26.8 Å². The molecule has 3 atom stereocenters. The summed E-state index contributed by atoms with van der Waals surface area (Å²) >= 11 is 0. The van der Waals surface area contributed by atoms with Crippen molar-refractivity contribution in [1.29, 1.82) is 0 Å². The average molecular weight is 298 g/mol. The van der Waals surface area contributed by atoms with Crippen LogP contribution in [-0.4, -0.2) is 38.0 Å². The predicted molar refractivity (Wildman–Crippen MR) is 77.8 cm³/mol. The molecule has 0 spiro atoms. The summed E-state index contributed by atoms with van der Waals surface area (Å²) in [7, 11) is -3.50. The fourth-order valence-electron chi connectivity index (χ4n) is 2.30. The number of nitrogens with two attached hydrogens (primary N) is 1. The molecule has 2 N–H and O–H groups in total. The zero-order chi connectivity index (χ0) is 14.9. The van der Waals surface area contributed by atoms with Gasteiger partial charge in [-0.1, -0.05) is 12.1 Å². The molecule has 0 bridgehead atoms. The third-order valence-corrected chi connectivity index (χ3v) is 5.52. The summed E-state index contributed by atoms with van der Waals surface area (Å²) in [4.78, 5) is 0.299. The van der Waals surface area contributed by atoms with Gasteiger partial charge in [-0.25, -0.2) is 8.42 Å². The van der Waals surface area contributed by atoms with Crippen molar-refractivity contribution in [2.45, 2.75) is 43.9 Å². The summed E-state index contributed by atoms with van der Waals surface area (Å²) in [6, 6.07) is 6.51. The summed E-state index contributed by atoms with van der Waals surface area (Å²) in [5.41, 5.74) is 6.64. The van der Waals surface area contributed by atoms with Gasteiger partial charge < -0.3 is 10.5 Å². The first kappa shape index (κ1) is 15.4. The Morgan fingerprint density at radius 1 is 1.40 bits per heavy atom. The van der Waals surface area contributed by atoms with Crippen LogP contribution in [0, 0.1) is 0 Å². The average Bonchev–Trinajstić information content (AvgIpc) is 2.41. The van der Waals surface area contributed by atoms with Crippen molar-refractivity contribution in [2.75, 3.05) is 13.2 Å². The van der Waals surface area contributed by atoms with E-state index in [1.54, 1.807) is 18.2 Å². The molecule has 20 heavy (non-hydrogen) atoms. The minimum atomic E-state index is -3.50. The summed E-state index contributed by atoms with van der Waals surface area (Å²) in [5, 5.41) is 0. The number of benzene rings is 1. The molecule has 0 amide bonds. The fraction of sp³-hybridized carbons (Fsp3) is 0.571. The Bertz CT molecular complexity index is 572. The molecule has 112 valence electrons. The van der Waals surface area contributed by atoms with E-state index in [4.69, 9.17) is 10.5 Å². The van der Waals surface area contributed by atoms with Gasteiger partial charge in [0.1, 0.15) is 0 Å². The fourth-order valence-corrected chi connectivity index (χ4v) is 4.05. The lowest BCUT2D eigenvalue weighted by molar-refractivity contribution is -0.0170. The molecule has 0 aliphatic carbocycles. The normalized spacial score (nSPS) is 26.4. The van der Waals surface area contributed by atoms with Crippen LogP contribution >= 0.6 is 0 Å². The molecule has 0 aromatic heterocycles. The lowest BCUT2D eigenvalue weighted by Gasteiger charge is -2.35. The highest BCUT2D eigenvalue weighted by atomic mass is 32.2. The van der Waals surface area contributed by atoms with Gasteiger partial charge in [-0.3, -0.25) is 0 Å². The van der Waals surface area contributed by atoms with E-state index in [9.17, 15) is 8.42 Å². The summed E-state index contributed by atoms with van der Waals surface area (Å²) < 4.78 is 32.5. The van der Waals surface area contributed by atoms with Gasteiger partial charge in [-0.15, -0.1) is 0 Å². The van der Waals surface area contributed by atoms with Gasteiger partial charge in [0.2, 0.25) is 10.0 Å². The largest absolute Gasteiger partial charge is 0.375 e. The zero-order valence-corrected chi connectivity index (χ0v) is 12.9. The molecule has 3 unspecified atom stereocenters. The number of morpholine rings is 1.